The first kappa shape index (κ1) is 22.6. The maximum absolute atomic E-state index is 13.1. The fraction of sp³-hybridized carbons (Fsp3) is 0.429. The molecule has 0 radical (unpaired) electrons. The van der Waals surface area contributed by atoms with Crippen LogP contribution in [0.15, 0.2) is 36.5 Å². The lowest BCUT2D eigenvalue weighted by Gasteiger charge is -2.37. The summed E-state index contributed by atoms with van der Waals surface area (Å²) in [5.74, 6) is -1.39. The fourth-order valence-electron chi connectivity index (χ4n) is 4.02. The van der Waals surface area contributed by atoms with Crippen LogP contribution in [0.1, 0.15) is 34.5 Å². The highest BCUT2D eigenvalue weighted by Gasteiger charge is 2.45. The number of H-pyrrole nitrogens is 1. The highest BCUT2D eigenvalue weighted by atomic mass is 19.4. The van der Waals surface area contributed by atoms with Crippen molar-refractivity contribution < 1.29 is 37.0 Å². The summed E-state index contributed by atoms with van der Waals surface area (Å²) in [6, 6.07) is 7.74. The maximum atomic E-state index is 13.1. The highest BCUT2D eigenvalue weighted by molar-refractivity contribution is 5.95. The van der Waals surface area contributed by atoms with Crippen molar-refractivity contribution >= 4 is 18.0 Å². The number of aromatic nitrogens is 2. The van der Waals surface area contributed by atoms with E-state index in [0.29, 0.717) is 0 Å². The first-order chi connectivity index (χ1) is 15.8. The Morgan fingerprint density at radius 3 is 2.55 bits per heavy atom. The van der Waals surface area contributed by atoms with Gasteiger partial charge in [0, 0.05) is 19.1 Å². The van der Waals surface area contributed by atoms with Crippen LogP contribution in [0.25, 0.3) is 0 Å². The zero-order valence-electron chi connectivity index (χ0n) is 17.4. The molecule has 0 bridgehead atoms. The van der Waals surface area contributed by atoms with Crippen LogP contribution in [0.3, 0.4) is 0 Å². The molecule has 2 aliphatic heterocycles. The summed E-state index contributed by atoms with van der Waals surface area (Å²) >= 11 is 0. The number of hydrogen-bond donors (Lipinski definition) is 1. The largest absolute Gasteiger partial charge is 0.459 e. The van der Waals surface area contributed by atoms with Gasteiger partial charge in [0.05, 0.1) is 11.8 Å². The zero-order chi connectivity index (χ0) is 23.6. The van der Waals surface area contributed by atoms with Crippen LogP contribution in [-0.4, -0.2) is 69.7 Å². The van der Waals surface area contributed by atoms with Gasteiger partial charge in [0.2, 0.25) is 0 Å². The predicted octanol–water partition coefficient (Wildman–Crippen LogP) is 2.60. The van der Waals surface area contributed by atoms with Crippen molar-refractivity contribution in [3.63, 3.8) is 0 Å². The predicted molar refractivity (Wildman–Crippen MR) is 106 cm³/mol. The minimum Gasteiger partial charge on any atom is -0.459 e. The van der Waals surface area contributed by atoms with E-state index < -0.39 is 47.5 Å². The van der Waals surface area contributed by atoms with Crippen molar-refractivity contribution in [3.8, 4) is 0 Å². The minimum absolute atomic E-state index is 0.0530. The van der Waals surface area contributed by atoms with Crippen molar-refractivity contribution in [1.82, 2.24) is 20.0 Å². The third kappa shape index (κ3) is 4.78. The number of cyclic esters (lactones) is 1. The van der Waals surface area contributed by atoms with Crippen molar-refractivity contribution in [2.75, 3.05) is 19.7 Å². The number of likely N-dealkylation sites (tertiary alicyclic amines) is 1. The summed E-state index contributed by atoms with van der Waals surface area (Å²) in [6.45, 7) is 0.135. The summed E-state index contributed by atoms with van der Waals surface area (Å²) in [4.78, 5) is 40.1. The Hall–Kier alpha value is -3.57. The van der Waals surface area contributed by atoms with Crippen LogP contribution in [-0.2, 0) is 27.1 Å². The molecule has 4 rings (SSSR count). The Bertz CT molecular complexity index is 1020. The molecule has 2 amide bonds. The fourth-order valence-corrected chi connectivity index (χ4v) is 4.02. The van der Waals surface area contributed by atoms with Gasteiger partial charge in [0.15, 0.2) is 11.7 Å². The van der Waals surface area contributed by atoms with E-state index in [9.17, 15) is 27.6 Å². The van der Waals surface area contributed by atoms with Gasteiger partial charge >= 0.3 is 18.2 Å². The topological polar surface area (TPSA) is 105 Å². The Kier molecular flexibility index (Phi) is 6.25. The summed E-state index contributed by atoms with van der Waals surface area (Å²) < 4.78 is 49.6. The van der Waals surface area contributed by atoms with E-state index in [1.807, 2.05) is 23.3 Å². The number of alkyl halides is 3. The Morgan fingerprint density at radius 2 is 1.88 bits per heavy atom. The third-order valence-electron chi connectivity index (χ3n) is 5.71. The molecule has 2 aromatic rings. The number of hydrogen-bond acceptors (Lipinski definition) is 6. The third-order valence-corrected chi connectivity index (χ3v) is 5.71. The molecular weight excluding hydrogens is 445 g/mol. The first-order valence-corrected chi connectivity index (χ1v) is 10.3. The van der Waals surface area contributed by atoms with E-state index >= 15 is 0 Å². The molecule has 33 heavy (non-hydrogen) atoms. The molecule has 2 fully saturated rings. The molecule has 9 nitrogen and oxygen atoms in total. The van der Waals surface area contributed by atoms with Gasteiger partial charge in [-0.15, -0.1) is 0 Å². The summed E-state index contributed by atoms with van der Waals surface area (Å²) in [7, 11) is 0. The summed E-state index contributed by atoms with van der Waals surface area (Å²) in [6.07, 6.45) is -3.97. The van der Waals surface area contributed by atoms with Gasteiger partial charge in [-0.3, -0.25) is 14.8 Å². The van der Waals surface area contributed by atoms with E-state index in [-0.39, 0.29) is 39.1 Å². The van der Waals surface area contributed by atoms with Crippen molar-refractivity contribution in [1.29, 1.82) is 0 Å². The quantitative estimate of drug-likeness (QED) is 0.680. The van der Waals surface area contributed by atoms with Gasteiger partial charge < -0.3 is 14.4 Å². The number of halogens is 3. The smallest absolute Gasteiger partial charge is 0.433 e. The Labute approximate surface area is 186 Å². The summed E-state index contributed by atoms with van der Waals surface area (Å²) in [5.41, 5.74) is -0.949. The molecule has 1 atom stereocenters. The number of carbonyl (C=O) groups is 3. The zero-order valence-corrected chi connectivity index (χ0v) is 17.4. The summed E-state index contributed by atoms with van der Waals surface area (Å²) in [5, 5.41) is 5.17. The molecule has 2 aliphatic rings. The van der Waals surface area contributed by atoms with E-state index in [0.717, 1.165) is 11.8 Å². The number of piperidine rings is 1. The molecule has 0 aliphatic carbocycles. The normalized spacial score (nSPS) is 19.5. The molecule has 1 aromatic carbocycles. The standard InChI is InChI=1S/C21H21F3N4O5/c22-21(23,24)17-15(10-25-26-17)18(29)27-8-6-14(7-9-27)28-16(12-33-20(28)31)19(30)32-11-13-4-2-1-3-5-13/h1-5,10,14,16H,6-9,11-12H2,(H,25,26)/t16-/m0/s1. The molecule has 0 spiro atoms. The van der Waals surface area contributed by atoms with E-state index in [1.54, 1.807) is 12.1 Å². The number of ether oxygens (including phenoxy) is 2. The van der Waals surface area contributed by atoms with Crippen LogP contribution in [0.5, 0.6) is 0 Å². The van der Waals surface area contributed by atoms with Crippen LogP contribution < -0.4 is 0 Å². The van der Waals surface area contributed by atoms with Crippen molar-refractivity contribution in [2.45, 2.75) is 37.7 Å². The molecule has 3 heterocycles. The minimum atomic E-state index is -4.73. The SMILES string of the molecule is O=C(OCc1ccccc1)[C@@H]1COC(=O)N1C1CCN(C(=O)c2cn[nH]c2C(F)(F)F)CC1. The first-order valence-electron chi connectivity index (χ1n) is 10.3. The highest BCUT2D eigenvalue weighted by Crippen LogP contribution is 2.31. The van der Waals surface area contributed by atoms with Crippen molar-refractivity contribution in [3.05, 3.63) is 53.3 Å². The van der Waals surface area contributed by atoms with E-state index in [2.05, 4.69) is 5.10 Å². The molecule has 2 saturated heterocycles. The number of nitrogens with zero attached hydrogens (tertiary/aromatic N) is 3. The van der Waals surface area contributed by atoms with E-state index in [1.165, 1.54) is 9.80 Å². The second-order valence-corrected chi connectivity index (χ2v) is 7.77. The number of aromatic amines is 1. The average molecular weight is 466 g/mol. The van der Waals surface area contributed by atoms with Crippen LogP contribution in [0.2, 0.25) is 0 Å². The number of amides is 2. The molecule has 0 unspecified atom stereocenters. The number of nitrogens with one attached hydrogen (secondary N) is 1. The van der Waals surface area contributed by atoms with Gasteiger partial charge in [0.1, 0.15) is 13.2 Å². The van der Waals surface area contributed by atoms with Gasteiger partial charge in [-0.05, 0) is 18.4 Å². The molecule has 1 N–H and O–H groups in total. The molecular formula is C21H21F3N4O5. The van der Waals surface area contributed by atoms with Gasteiger partial charge in [-0.1, -0.05) is 30.3 Å². The second kappa shape index (κ2) is 9.12. The number of benzene rings is 1. The second-order valence-electron chi connectivity index (χ2n) is 7.77. The van der Waals surface area contributed by atoms with Gasteiger partial charge in [-0.25, -0.2) is 9.59 Å². The number of carbonyl (C=O) groups excluding carboxylic acids is 3. The Balaban J connectivity index is 1.37. The van der Waals surface area contributed by atoms with Gasteiger partial charge in [0.25, 0.3) is 5.91 Å². The van der Waals surface area contributed by atoms with Crippen LogP contribution in [0.4, 0.5) is 18.0 Å². The van der Waals surface area contributed by atoms with Gasteiger partial charge in [-0.2, -0.15) is 18.3 Å². The molecule has 12 heteroatoms. The number of esters is 1. The van der Waals surface area contributed by atoms with Crippen LogP contribution in [0, 0.1) is 0 Å². The monoisotopic (exact) mass is 466 g/mol. The van der Waals surface area contributed by atoms with E-state index in [4.69, 9.17) is 9.47 Å². The molecule has 176 valence electrons. The van der Waals surface area contributed by atoms with Crippen LogP contribution >= 0.6 is 0 Å². The lowest BCUT2D eigenvalue weighted by atomic mass is 10.0. The number of rotatable bonds is 5. The average Bonchev–Trinajstić information content (AvgIpc) is 3.45. The van der Waals surface area contributed by atoms with Crippen molar-refractivity contribution in [2.24, 2.45) is 0 Å². The molecule has 1 aromatic heterocycles. The lowest BCUT2D eigenvalue weighted by molar-refractivity contribution is -0.150. The maximum Gasteiger partial charge on any atom is 0.433 e. The molecule has 0 saturated carbocycles. The lowest BCUT2D eigenvalue weighted by Crippen LogP contribution is -2.52. The Morgan fingerprint density at radius 1 is 1.18 bits per heavy atom.